The number of guanidine groups is 1. The molecule has 1 fully saturated rings. The number of ether oxygens (including phenoxy) is 1. The molecule has 1 aliphatic heterocycles. The molecule has 0 spiro atoms. The van der Waals surface area contributed by atoms with E-state index in [2.05, 4.69) is 61.5 Å². The summed E-state index contributed by atoms with van der Waals surface area (Å²) in [6.07, 6.45) is 2.16. The second kappa shape index (κ2) is 7.28. The van der Waals surface area contributed by atoms with Crippen molar-refractivity contribution in [1.82, 2.24) is 10.6 Å². The summed E-state index contributed by atoms with van der Waals surface area (Å²) in [6, 6.07) is 9.10. The number of hydrogen-bond donors (Lipinski definition) is 2. The number of aliphatic imine (C=N–C) groups is 1. The molecule has 5 heteroatoms. The van der Waals surface area contributed by atoms with Gasteiger partial charge >= 0.3 is 0 Å². The van der Waals surface area contributed by atoms with Crippen molar-refractivity contribution in [1.29, 1.82) is 0 Å². The van der Waals surface area contributed by atoms with Gasteiger partial charge in [0.25, 0.3) is 0 Å². The Kier molecular flexibility index (Phi) is 5.81. The quantitative estimate of drug-likeness (QED) is 0.436. The van der Waals surface area contributed by atoms with Crippen molar-refractivity contribution in [2.75, 3.05) is 6.54 Å². The molecule has 0 amide bonds. The summed E-state index contributed by atoms with van der Waals surface area (Å²) in [5, 5.41) is 7.16. The number of hydrogen-bond acceptors (Lipinski definition) is 2. The Morgan fingerprint density at radius 2 is 2.00 bits per heavy atom. The predicted octanol–water partition coefficient (Wildman–Crippen LogP) is 3.87. The predicted molar refractivity (Wildman–Crippen MR) is 106 cm³/mol. The maximum absolute atomic E-state index is 6.10. The molecule has 0 aromatic heterocycles. The molecule has 128 valence electrons. The highest BCUT2D eigenvalue weighted by Gasteiger charge is 2.36. The van der Waals surface area contributed by atoms with Crippen molar-refractivity contribution < 1.29 is 4.74 Å². The van der Waals surface area contributed by atoms with Crippen LogP contribution in [0.4, 0.5) is 0 Å². The molecule has 23 heavy (non-hydrogen) atoms. The van der Waals surface area contributed by atoms with Crippen molar-refractivity contribution in [3.05, 3.63) is 29.8 Å². The lowest BCUT2D eigenvalue weighted by Gasteiger charge is -2.38. The van der Waals surface area contributed by atoms with Gasteiger partial charge in [-0.3, -0.25) is 4.99 Å². The SMILES string of the molecule is CCN=C(NC1CC(C)(C)Oc2ccccc21)NC1CC1C.I. The molecule has 1 heterocycles. The molecule has 2 N–H and O–H groups in total. The first kappa shape index (κ1) is 18.4. The molecule has 1 aromatic rings. The average molecular weight is 429 g/mol. The Morgan fingerprint density at radius 1 is 1.30 bits per heavy atom. The lowest BCUT2D eigenvalue weighted by atomic mass is 9.90. The summed E-state index contributed by atoms with van der Waals surface area (Å²) < 4.78 is 6.10. The van der Waals surface area contributed by atoms with Crippen LogP contribution in [0.25, 0.3) is 0 Å². The van der Waals surface area contributed by atoms with E-state index in [0.29, 0.717) is 6.04 Å². The van der Waals surface area contributed by atoms with E-state index in [1.54, 1.807) is 0 Å². The smallest absolute Gasteiger partial charge is 0.191 e. The van der Waals surface area contributed by atoms with E-state index in [4.69, 9.17) is 4.74 Å². The van der Waals surface area contributed by atoms with Gasteiger partial charge in [0.2, 0.25) is 0 Å². The topological polar surface area (TPSA) is 45.7 Å². The molecular formula is C18H28IN3O. The number of nitrogens with zero attached hydrogens (tertiary/aromatic N) is 1. The normalized spacial score (nSPS) is 28.0. The third-order valence-electron chi connectivity index (χ3n) is 4.44. The van der Waals surface area contributed by atoms with E-state index in [0.717, 1.165) is 30.6 Å². The van der Waals surface area contributed by atoms with E-state index in [-0.39, 0.29) is 35.6 Å². The van der Waals surface area contributed by atoms with Crippen molar-refractivity contribution in [3.8, 4) is 5.75 Å². The number of benzene rings is 1. The molecule has 0 saturated heterocycles. The van der Waals surface area contributed by atoms with Crippen LogP contribution in [0, 0.1) is 5.92 Å². The zero-order valence-electron chi connectivity index (χ0n) is 14.4. The van der Waals surface area contributed by atoms with Gasteiger partial charge in [0.05, 0.1) is 6.04 Å². The van der Waals surface area contributed by atoms with Crippen LogP contribution in [-0.4, -0.2) is 24.1 Å². The highest BCUT2D eigenvalue weighted by molar-refractivity contribution is 14.0. The van der Waals surface area contributed by atoms with Crippen molar-refractivity contribution >= 4 is 29.9 Å². The van der Waals surface area contributed by atoms with Crippen LogP contribution < -0.4 is 15.4 Å². The molecule has 0 radical (unpaired) electrons. The zero-order valence-corrected chi connectivity index (χ0v) is 16.8. The molecule has 1 aromatic carbocycles. The molecule has 3 atom stereocenters. The molecule has 3 unspecified atom stereocenters. The molecule has 2 aliphatic rings. The van der Waals surface area contributed by atoms with E-state index < -0.39 is 0 Å². The fraction of sp³-hybridized carbons (Fsp3) is 0.611. The van der Waals surface area contributed by atoms with Crippen molar-refractivity contribution in [2.24, 2.45) is 10.9 Å². The third kappa shape index (κ3) is 4.52. The van der Waals surface area contributed by atoms with Gasteiger partial charge in [-0.2, -0.15) is 0 Å². The standard InChI is InChI=1S/C18H27N3O.HI/c1-5-19-17(20-14-10-12(14)2)21-15-11-18(3,4)22-16-9-7-6-8-13(15)16;/h6-9,12,14-15H,5,10-11H2,1-4H3,(H2,19,20,21);1H. The summed E-state index contributed by atoms with van der Waals surface area (Å²) >= 11 is 0. The van der Waals surface area contributed by atoms with Gasteiger partial charge in [-0.15, -0.1) is 24.0 Å². The largest absolute Gasteiger partial charge is 0.487 e. The monoisotopic (exact) mass is 429 g/mol. The average Bonchev–Trinajstić information content (AvgIpc) is 3.13. The van der Waals surface area contributed by atoms with Gasteiger partial charge in [0.1, 0.15) is 11.4 Å². The molecule has 1 aliphatic carbocycles. The van der Waals surface area contributed by atoms with Crippen LogP contribution in [0.3, 0.4) is 0 Å². The Labute approximate surface area is 156 Å². The highest BCUT2D eigenvalue weighted by atomic mass is 127. The van der Waals surface area contributed by atoms with Crippen LogP contribution in [0.2, 0.25) is 0 Å². The van der Waals surface area contributed by atoms with Crippen LogP contribution in [0.5, 0.6) is 5.75 Å². The number of nitrogens with one attached hydrogen (secondary N) is 2. The zero-order chi connectivity index (χ0) is 15.7. The summed E-state index contributed by atoms with van der Waals surface area (Å²) in [6.45, 7) is 9.41. The molecular weight excluding hydrogens is 401 g/mol. The van der Waals surface area contributed by atoms with Gasteiger partial charge in [0.15, 0.2) is 5.96 Å². The third-order valence-corrected chi connectivity index (χ3v) is 4.44. The van der Waals surface area contributed by atoms with Crippen LogP contribution in [0.15, 0.2) is 29.3 Å². The second-order valence-corrected chi connectivity index (χ2v) is 7.09. The minimum Gasteiger partial charge on any atom is -0.487 e. The molecule has 4 nitrogen and oxygen atoms in total. The fourth-order valence-corrected chi connectivity index (χ4v) is 3.09. The summed E-state index contributed by atoms with van der Waals surface area (Å²) in [4.78, 5) is 4.61. The van der Waals surface area contributed by atoms with Crippen LogP contribution in [0.1, 0.15) is 52.1 Å². The van der Waals surface area contributed by atoms with Gasteiger partial charge < -0.3 is 15.4 Å². The Balaban J connectivity index is 0.00000192. The first-order valence-electron chi connectivity index (χ1n) is 8.34. The van der Waals surface area contributed by atoms with Gasteiger partial charge in [0, 0.05) is 24.6 Å². The maximum atomic E-state index is 6.10. The van der Waals surface area contributed by atoms with E-state index in [1.807, 2.05) is 6.07 Å². The Hall–Kier alpha value is -0.980. The minimum absolute atomic E-state index is 0. The van der Waals surface area contributed by atoms with Gasteiger partial charge in [-0.25, -0.2) is 0 Å². The Morgan fingerprint density at radius 3 is 2.65 bits per heavy atom. The van der Waals surface area contributed by atoms with Gasteiger partial charge in [-0.05, 0) is 39.2 Å². The molecule has 0 bridgehead atoms. The lowest BCUT2D eigenvalue weighted by Crippen LogP contribution is -2.46. The maximum Gasteiger partial charge on any atom is 0.191 e. The van der Waals surface area contributed by atoms with Crippen LogP contribution >= 0.6 is 24.0 Å². The first-order valence-corrected chi connectivity index (χ1v) is 8.34. The van der Waals surface area contributed by atoms with E-state index in [9.17, 15) is 0 Å². The number of para-hydroxylation sites is 1. The first-order chi connectivity index (χ1) is 10.5. The second-order valence-electron chi connectivity index (χ2n) is 7.09. The number of rotatable bonds is 3. The number of fused-ring (bicyclic) bond motifs is 1. The molecule has 1 saturated carbocycles. The fourth-order valence-electron chi connectivity index (χ4n) is 3.09. The van der Waals surface area contributed by atoms with Crippen molar-refractivity contribution in [3.63, 3.8) is 0 Å². The van der Waals surface area contributed by atoms with Gasteiger partial charge in [-0.1, -0.05) is 25.1 Å². The summed E-state index contributed by atoms with van der Waals surface area (Å²) in [7, 11) is 0. The number of halogens is 1. The van der Waals surface area contributed by atoms with E-state index in [1.165, 1.54) is 12.0 Å². The van der Waals surface area contributed by atoms with Crippen molar-refractivity contribution in [2.45, 2.75) is 58.2 Å². The van der Waals surface area contributed by atoms with Crippen LogP contribution in [-0.2, 0) is 0 Å². The summed E-state index contributed by atoms with van der Waals surface area (Å²) in [5.41, 5.74) is 1.05. The molecule has 3 rings (SSSR count). The van der Waals surface area contributed by atoms with E-state index >= 15 is 0 Å². The highest BCUT2D eigenvalue weighted by Crippen LogP contribution is 2.39. The Bertz CT molecular complexity index is 573. The minimum atomic E-state index is -0.170. The lowest BCUT2D eigenvalue weighted by molar-refractivity contribution is 0.0694. The summed E-state index contributed by atoms with van der Waals surface area (Å²) in [5.74, 6) is 2.66.